The van der Waals surface area contributed by atoms with Gasteiger partial charge in [-0.1, -0.05) is 28.1 Å². The van der Waals surface area contributed by atoms with Gasteiger partial charge in [-0.05, 0) is 35.9 Å². The van der Waals surface area contributed by atoms with Crippen molar-refractivity contribution in [3.8, 4) is 11.8 Å². The highest BCUT2D eigenvalue weighted by molar-refractivity contribution is 9.10. The first-order valence-electron chi connectivity index (χ1n) is 6.12. The number of hydrogen-bond acceptors (Lipinski definition) is 3. The Labute approximate surface area is 126 Å². The van der Waals surface area contributed by atoms with Gasteiger partial charge in [0.05, 0.1) is 32.0 Å². The molecular weight excluding hydrogens is 318 g/mol. The van der Waals surface area contributed by atoms with Crippen molar-refractivity contribution in [2.24, 2.45) is 0 Å². The van der Waals surface area contributed by atoms with Crippen LogP contribution in [0.4, 0.5) is 0 Å². The molecule has 2 aromatic rings. The Bertz CT molecular complexity index is 635. The van der Waals surface area contributed by atoms with E-state index in [1.54, 1.807) is 25.3 Å². The Morgan fingerprint density at radius 2 is 2.00 bits per heavy atom. The maximum atomic E-state index is 8.92. The van der Waals surface area contributed by atoms with Crippen LogP contribution in [0.2, 0.25) is 0 Å². The molecule has 0 bridgehead atoms. The van der Waals surface area contributed by atoms with E-state index in [0.717, 1.165) is 21.3 Å². The molecule has 0 atom stereocenters. The lowest BCUT2D eigenvalue weighted by molar-refractivity contribution is 0.105. The van der Waals surface area contributed by atoms with Gasteiger partial charge in [0.1, 0.15) is 5.75 Å². The number of hydrogen-bond donors (Lipinski definition) is 0. The van der Waals surface area contributed by atoms with E-state index in [1.807, 2.05) is 24.3 Å². The quantitative estimate of drug-likeness (QED) is 0.830. The SMILES string of the molecule is COc1ccc(C#N)cc1COCc1cccc(Br)c1. The molecule has 0 aliphatic rings. The fraction of sp³-hybridized carbons (Fsp3) is 0.188. The topological polar surface area (TPSA) is 42.2 Å². The molecular formula is C16H14BrNO2. The van der Waals surface area contributed by atoms with Gasteiger partial charge >= 0.3 is 0 Å². The van der Waals surface area contributed by atoms with E-state index >= 15 is 0 Å². The third kappa shape index (κ3) is 3.83. The molecule has 0 amide bonds. The fourth-order valence-electron chi connectivity index (χ4n) is 1.87. The first kappa shape index (κ1) is 14.6. The van der Waals surface area contributed by atoms with Gasteiger partial charge < -0.3 is 9.47 Å². The minimum atomic E-state index is 0.408. The highest BCUT2D eigenvalue weighted by Gasteiger charge is 2.05. The predicted molar refractivity (Wildman–Crippen MR) is 80.3 cm³/mol. The van der Waals surface area contributed by atoms with Crippen molar-refractivity contribution in [2.45, 2.75) is 13.2 Å². The molecule has 0 spiro atoms. The van der Waals surface area contributed by atoms with Gasteiger partial charge in [-0.15, -0.1) is 0 Å². The number of nitrogens with zero attached hydrogens (tertiary/aromatic N) is 1. The Balaban J connectivity index is 2.02. The third-order valence-corrected chi connectivity index (χ3v) is 3.32. The van der Waals surface area contributed by atoms with Crippen LogP contribution in [0.5, 0.6) is 5.75 Å². The van der Waals surface area contributed by atoms with Crippen LogP contribution in [0, 0.1) is 11.3 Å². The third-order valence-electron chi connectivity index (χ3n) is 2.82. The van der Waals surface area contributed by atoms with Gasteiger partial charge in [-0.3, -0.25) is 0 Å². The van der Waals surface area contributed by atoms with Gasteiger partial charge in [0.25, 0.3) is 0 Å². The number of rotatable bonds is 5. The second-order valence-electron chi connectivity index (χ2n) is 4.26. The van der Waals surface area contributed by atoms with E-state index in [9.17, 15) is 0 Å². The lowest BCUT2D eigenvalue weighted by Gasteiger charge is -2.10. The van der Waals surface area contributed by atoms with Crippen molar-refractivity contribution in [3.05, 3.63) is 63.6 Å². The Morgan fingerprint density at radius 3 is 2.70 bits per heavy atom. The molecule has 2 aromatic carbocycles. The summed E-state index contributed by atoms with van der Waals surface area (Å²) in [7, 11) is 1.61. The van der Waals surface area contributed by atoms with Crippen molar-refractivity contribution >= 4 is 15.9 Å². The van der Waals surface area contributed by atoms with Crippen molar-refractivity contribution < 1.29 is 9.47 Å². The van der Waals surface area contributed by atoms with Crippen LogP contribution in [-0.4, -0.2) is 7.11 Å². The van der Waals surface area contributed by atoms with Crippen LogP contribution in [-0.2, 0) is 18.0 Å². The number of halogens is 1. The summed E-state index contributed by atoms with van der Waals surface area (Å²) in [5.41, 5.74) is 2.57. The molecule has 0 saturated heterocycles. The molecule has 102 valence electrons. The molecule has 0 heterocycles. The molecule has 0 radical (unpaired) electrons. The average molecular weight is 332 g/mol. The minimum Gasteiger partial charge on any atom is -0.496 e. The second kappa shape index (κ2) is 7.09. The van der Waals surface area contributed by atoms with E-state index in [-0.39, 0.29) is 0 Å². The van der Waals surface area contributed by atoms with E-state index < -0.39 is 0 Å². The fourth-order valence-corrected chi connectivity index (χ4v) is 2.31. The largest absolute Gasteiger partial charge is 0.496 e. The molecule has 0 saturated carbocycles. The molecule has 0 fully saturated rings. The van der Waals surface area contributed by atoms with E-state index in [4.69, 9.17) is 14.7 Å². The predicted octanol–water partition coefficient (Wildman–Crippen LogP) is 4.05. The summed E-state index contributed by atoms with van der Waals surface area (Å²) in [4.78, 5) is 0. The van der Waals surface area contributed by atoms with Crippen molar-refractivity contribution in [1.82, 2.24) is 0 Å². The van der Waals surface area contributed by atoms with Crippen molar-refractivity contribution in [1.29, 1.82) is 5.26 Å². The molecule has 4 heteroatoms. The number of nitriles is 1. The van der Waals surface area contributed by atoms with Crippen LogP contribution >= 0.6 is 15.9 Å². The highest BCUT2D eigenvalue weighted by atomic mass is 79.9. The van der Waals surface area contributed by atoms with E-state index in [0.29, 0.717) is 18.8 Å². The molecule has 0 aliphatic carbocycles. The van der Waals surface area contributed by atoms with Crippen LogP contribution in [0.3, 0.4) is 0 Å². The normalized spacial score (nSPS) is 10.1. The van der Waals surface area contributed by atoms with Crippen LogP contribution in [0.15, 0.2) is 46.9 Å². The van der Waals surface area contributed by atoms with Crippen LogP contribution < -0.4 is 4.74 Å². The number of benzene rings is 2. The zero-order valence-corrected chi connectivity index (χ0v) is 12.7. The summed E-state index contributed by atoms with van der Waals surface area (Å²) in [6.07, 6.45) is 0. The summed E-state index contributed by atoms with van der Waals surface area (Å²) < 4.78 is 12.0. The van der Waals surface area contributed by atoms with Gasteiger partial charge in [0, 0.05) is 10.0 Å². The lowest BCUT2D eigenvalue weighted by atomic mass is 10.1. The molecule has 0 aromatic heterocycles. The lowest BCUT2D eigenvalue weighted by Crippen LogP contribution is -1.98. The Kier molecular flexibility index (Phi) is 5.16. The van der Waals surface area contributed by atoms with Crippen LogP contribution in [0.1, 0.15) is 16.7 Å². The maximum absolute atomic E-state index is 8.92. The molecule has 2 rings (SSSR count). The summed E-state index contributed by atoms with van der Waals surface area (Å²) in [6.45, 7) is 0.921. The Hall–Kier alpha value is -1.83. The zero-order valence-electron chi connectivity index (χ0n) is 11.1. The van der Waals surface area contributed by atoms with E-state index in [2.05, 4.69) is 22.0 Å². The molecule has 0 N–H and O–H groups in total. The summed E-state index contributed by atoms with van der Waals surface area (Å²) in [5.74, 6) is 0.734. The maximum Gasteiger partial charge on any atom is 0.124 e. The molecule has 20 heavy (non-hydrogen) atoms. The summed E-state index contributed by atoms with van der Waals surface area (Å²) in [6, 6.07) is 15.4. The van der Waals surface area contributed by atoms with Gasteiger partial charge in [0.2, 0.25) is 0 Å². The summed E-state index contributed by atoms with van der Waals surface area (Å²) >= 11 is 3.43. The first-order chi connectivity index (χ1) is 9.72. The standard InChI is InChI=1S/C16H14BrNO2/c1-19-16-6-5-12(9-18)7-14(16)11-20-10-13-3-2-4-15(17)8-13/h2-8H,10-11H2,1H3. The monoisotopic (exact) mass is 331 g/mol. The molecule has 0 unspecified atom stereocenters. The highest BCUT2D eigenvalue weighted by Crippen LogP contribution is 2.21. The second-order valence-corrected chi connectivity index (χ2v) is 5.18. The minimum absolute atomic E-state index is 0.408. The molecule has 3 nitrogen and oxygen atoms in total. The Morgan fingerprint density at radius 1 is 1.15 bits per heavy atom. The molecule has 0 aliphatic heterocycles. The van der Waals surface area contributed by atoms with Gasteiger partial charge in [-0.2, -0.15) is 5.26 Å². The zero-order chi connectivity index (χ0) is 14.4. The smallest absolute Gasteiger partial charge is 0.124 e. The van der Waals surface area contributed by atoms with Gasteiger partial charge in [0.15, 0.2) is 0 Å². The van der Waals surface area contributed by atoms with Crippen molar-refractivity contribution in [2.75, 3.05) is 7.11 Å². The van der Waals surface area contributed by atoms with Gasteiger partial charge in [-0.25, -0.2) is 0 Å². The van der Waals surface area contributed by atoms with Crippen LogP contribution in [0.25, 0.3) is 0 Å². The summed E-state index contributed by atoms with van der Waals surface area (Å²) in [5, 5.41) is 8.92. The van der Waals surface area contributed by atoms with Crippen molar-refractivity contribution in [3.63, 3.8) is 0 Å². The average Bonchev–Trinajstić information content (AvgIpc) is 2.47. The first-order valence-corrected chi connectivity index (χ1v) is 6.91. The van der Waals surface area contributed by atoms with E-state index in [1.165, 1.54) is 0 Å². The number of methoxy groups -OCH3 is 1. The number of ether oxygens (including phenoxy) is 2.